The fourth-order valence-electron chi connectivity index (χ4n) is 2.87. The third-order valence-electron chi connectivity index (χ3n) is 4.55. The fourth-order valence-corrected chi connectivity index (χ4v) is 3.86. The van der Waals surface area contributed by atoms with E-state index < -0.39 is 0 Å². The lowest BCUT2D eigenvalue weighted by Gasteiger charge is -2.19. The van der Waals surface area contributed by atoms with Gasteiger partial charge in [-0.3, -0.25) is 4.79 Å². The number of carbonyl (C=O) groups is 1. The zero-order valence-electron chi connectivity index (χ0n) is 17.7. The number of methoxy groups -OCH3 is 2. The minimum atomic E-state index is -0.234. The summed E-state index contributed by atoms with van der Waals surface area (Å²) in [6, 6.07) is 13.5. The molecule has 0 bridgehead atoms. The summed E-state index contributed by atoms with van der Waals surface area (Å²) in [6.07, 6.45) is 0. The van der Waals surface area contributed by atoms with Crippen LogP contribution in [0, 0.1) is 6.92 Å². The topological polar surface area (TPSA) is 77.7 Å². The van der Waals surface area contributed by atoms with E-state index in [1.807, 2.05) is 38.1 Å². The van der Waals surface area contributed by atoms with Gasteiger partial charge in [0.05, 0.1) is 31.6 Å². The molecular weight excluding hydrogens is 402 g/mol. The molecule has 3 rings (SSSR count). The van der Waals surface area contributed by atoms with Crippen molar-refractivity contribution in [3.05, 3.63) is 53.9 Å². The summed E-state index contributed by atoms with van der Waals surface area (Å²) >= 11 is 1.52. The third kappa shape index (κ3) is 5.13. The van der Waals surface area contributed by atoms with Crippen LogP contribution in [0.1, 0.15) is 18.4 Å². The van der Waals surface area contributed by atoms with Crippen molar-refractivity contribution in [2.24, 2.45) is 0 Å². The normalized spacial score (nSPS) is 11.8. The lowest BCUT2D eigenvalue weighted by atomic mass is 10.2. The van der Waals surface area contributed by atoms with Gasteiger partial charge in [0.1, 0.15) is 11.5 Å². The molecule has 1 amide bonds. The lowest BCUT2D eigenvalue weighted by molar-refractivity contribution is -0.129. The zero-order chi connectivity index (χ0) is 21.7. The molecule has 0 fully saturated rings. The number of aryl methyl sites for hydroxylation is 1. The molecule has 0 aliphatic carbocycles. The van der Waals surface area contributed by atoms with Gasteiger partial charge >= 0.3 is 0 Å². The Morgan fingerprint density at radius 1 is 1.17 bits per heavy atom. The standard InChI is InChI=1S/C22H25N3O4S/c1-14-6-9-17(10-7-14)30-15(2)22(26)25(3)13-20-23-21(24-29-20)18-11-8-16(27-4)12-19(18)28-5/h6-12,15H,13H2,1-5H3. The van der Waals surface area contributed by atoms with Crippen LogP contribution in [-0.2, 0) is 11.3 Å². The number of amides is 1. The zero-order valence-corrected chi connectivity index (χ0v) is 18.5. The Bertz CT molecular complexity index is 1000. The summed E-state index contributed by atoms with van der Waals surface area (Å²) in [6.45, 7) is 4.16. The first-order valence-corrected chi connectivity index (χ1v) is 10.3. The Kier molecular flexibility index (Phi) is 6.99. The molecule has 0 saturated heterocycles. The predicted molar refractivity (Wildman–Crippen MR) is 116 cm³/mol. The predicted octanol–water partition coefficient (Wildman–Crippen LogP) is 4.20. The van der Waals surface area contributed by atoms with E-state index in [-0.39, 0.29) is 17.7 Å². The molecule has 30 heavy (non-hydrogen) atoms. The van der Waals surface area contributed by atoms with E-state index in [0.29, 0.717) is 28.8 Å². The first-order chi connectivity index (χ1) is 14.4. The van der Waals surface area contributed by atoms with Crippen molar-refractivity contribution in [3.8, 4) is 22.9 Å². The number of carbonyl (C=O) groups excluding carboxylic acids is 1. The lowest BCUT2D eigenvalue weighted by Crippen LogP contribution is -2.32. The Morgan fingerprint density at radius 3 is 2.57 bits per heavy atom. The maximum atomic E-state index is 12.7. The highest BCUT2D eigenvalue weighted by atomic mass is 32.2. The van der Waals surface area contributed by atoms with E-state index in [4.69, 9.17) is 14.0 Å². The molecule has 1 unspecified atom stereocenters. The highest BCUT2D eigenvalue weighted by Gasteiger charge is 2.21. The Labute approximate surface area is 180 Å². The van der Waals surface area contributed by atoms with Gasteiger partial charge in [0.2, 0.25) is 17.6 Å². The molecule has 0 saturated carbocycles. The van der Waals surface area contributed by atoms with Crippen molar-refractivity contribution in [2.45, 2.75) is 30.5 Å². The van der Waals surface area contributed by atoms with Gasteiger partial charge in [0.15, 0.2) is 0 Å². The Morgan fingerprint density at radius 2 is 1.90 bits per heavy atom. The second kappa shape index (κ2) is 9.67. The maximum absolute atomic E-state index is 12.7. The Hall–Kier alpha value is -3.00. The summed E-state index contributed by atoms with van der Waals surface area (Å²) in [5.41, 5.74) is 1.88. The van der Waals surface area contributed by atoms with Gasteiger partial charge in [-0.2, -0.15) is 4.98 Å². The van der Waals surface area contributed by atoms with E-state index in [9.17, 15) is 4.79 Å². The van der Waals surface area contributed by atoms with Gasteiger partial charge in [0.25, 0.3) is 0 Å². The van der Waals surface area contributed by atoms with Crippen molar-refractivity contribution >= 4 is 17.7 Å². The Balaban J connectivity index is 1.66. The van der Waals surface area contributed by atoms with E-state index in [1.54, 1.807) is 44.4 Å². The highest BCUT2D eigenvalue weighted by molar-refractivity contribution is 8.00. The van der Waals surface area contributed by atoms with Gasteiger partial charge in [0, 0.05) is 18.0 Å². The smallest absolute Gasteiger partial charge is 0.246 e. The van der Waals surface area contributed by atoms with Crippen molar-refractivity contribution in [2.75, 3.05) is 21.3 Å². The number of thioether (sulfide) groups is 1. The van der Waals surface area contributed by atoms with Gasteiger partial charge in [-0.05, 0) is 38.1 Å². The molecule has 7 nitrogen and oxygen atoms in total. The summed E-state index contributed by atoms with van der Waals surface area (Å²) < 4.78 is 16.0. The fraction of sp³-hybridized carbons (Fsp3) is 0.318. The average molecular weight is 428 g/mol. The minimum absolute atomic E-state index is 0.0117. The minimum Gasteiger partial charge on any atom is -0.497 e. The van der Waals surface area contributed by atoms with Crippen LogP contribution in [0.2, 0.25) is 0 Å². The first-order valence-electron chi connectivity index (χ1n) is 9.44. The molecule has 1 heterocycles. The molecule has 0 aliphatic rings. The molecule has 0 spiro atoms. The molecule has 2 aromatic carbocycles. The number of rotatable bonds is 8. The number of hydrogen-bond donors (Lipinski definition) is 0. The van der Waals surface area contributed by atoms with E-state index in [2.05, 4.69) is 10.1 Å². The highest BCUT2D eigenvalue weighted by Crippen LogP contribution is 2.31. The molecular formula is C22H25N3O4S. The number of hydrogen-bond acceptors (Lipinski definition) is 7. The SMILES string of the molecule is COc1ccc(-c2noc(CN(C)C(=O)C(C)Sc3ccc(C)cc3)n2)c(OC)c1. The van der Waals surface area contributed by atoms with Crippen molar-refractivity contribution in [3.63, 3.8) is 0 Å². The van der Waals surface area contributed by atoms with Crippen molar-refractivity contribution in [1.82, 2.24) is 15.0 Å². The molecule has 3 aromatic rings. The second-order valence-corrected chi connectivity index (χ2v) is 8.26. The van der Waals surface area contributed by atoms with Gasteiger partial charge in [-0.25, -0.2) is 0 Å². The number of aromatic nitrogens is 2. The monoisotopic (exact) mass is 427 g/mol. The third-order valence-corrected chi connectivity index (χ3v) is 5.65. The van der Waals surface area contributed by atoms with Crippen molar-refractivity contribution < 1.29 is 18.8 Å². The number of nitrogens with zero attached hydrogens (tertiary/aromatic N) is 3. The molecule has 0 N–H and O–H groups in total. The van der Waals surface area contributed by atoms with Crippen LogP contribution >= 0.6 is 11.8 Å². The second-order valence-electron chi connectivity index (χ2n) is 6.85. The van der Waals surface area contributed by atoms with E-state index in [1.165, 1.54) is 17.3 Å². The molecule has 0 radical (unpaired) electrons. The van der Waals surface area contributed by atoms with Gasteiger partial charge in [-0.1, -0.05) is 22.9 Å². The van der Waals surface area contributed by atoms with Crippen LogP contribution in [0.25, 0.3) is 11.4 Å². The maximum Gasteiger partial charge on any atom is 0.246 e. The van der Waals surface area contributed by atoms with Gasteiger partial charge < -0.3 is 18.9 Å². The van der Waals surface area contributed by atoms with Gasteiger partial charge in [-0.15, -0.1) is 11.8 Å². The molecule has 8 heteroatoms. The summed E-state index contributed by atoms with van der Waals surface area (Å²) in [5, 5.41) is 3.80. The van der Waals surface area contributed by atoms with Crippen LogP contribution in [0.4, 0.5) is 0 Å². The van der Waals surface area contributed by atoms with Crippen LogP contribution < -0.4 is 9.47 Å². The molecule has 1 atom stereocenters. The summed E-state index contributed by atoms with van der Waals surface area (Å²) in [5.74, 6) is 1.99. The average Bonchev–Trinajstić information content (AvgIpc) is 3.22. The molecule has 158 valence electrons. The van der Waals surface area contributed by atoms with E-state index >= 15 is 0 Å². The number of benzene rings is 2. The van der Waals surface area contributed by atoms with Crippen molar-refractivity contribution in [1.29, 1.82) is 0 Å². The molecule has 1 aromatic heterocycles. The quantitative estimate of drug-likeness (QED) is 0.499. The summed E-state index contributed by atoms with van der Waals surface area (Å²) in [7, 11) is 4.89. The summed E-state index contributed by atoms with van der Waals surface area (Å²) in [4.78, 5) is 19.8. The van der Waals surface area contributed by atoms with Crippen LogP contribution in [-0.4, -0.2) is 47.5 Å². The molecule has 0 aliphatic heterocycles. The van der Waals surface area contributed by atoms with E-state index in [0.717, 1.165) is 4.90 Å². The van der Waals surface area contributed by atoms with Crippen LogP contribution in [0.5, 0.6) is 11.5 Å². The van der Waals surface area contributed by atoms with Crippen LogP contribution in [0.3, 0.4) is 0 Å². The number of ether oxygens (including phenoxy) is 2. The first kappa shape index (κ1) is 21.7. The largest absolute Gasteiger partial charge is 0.497 e. The van der Waals surface area contributed by atoms with Crippen LogP contribution in [0.15, 0.2) is 51.9 Å².